The van der Waals surface area contributed by atoms with Crippen LogP contribution in [0.2, 0.25) is 0 Å². The summed E-state index contributed by atoms with van der Waals surface area (Å²) in [6.45, 7) is 1.95. The molecule has 2 heterocycles. The van der Waals surface area contributed by atoms with Crippen molar-refractivity contribution in [3.05, 3.63) is 78.8 Å². The van der Waals surface area contributed by atoms with E-state index in [0.29, 0.717) is 5.69 Å². The summed E-state index contributed by atoms with van der Waals surface area (Å²) < 4.78 is 29.2. The van der Waals surface area contributed by atoms with Crippen LogP contribution in [0.4, 0.5) is 11.5 Å². The summed E-state index contributed by atoms with van der Waals surface area (Å²) in [6, 6.07) is 18.5. The van der Waals surface area contributed by atoms with Crippen LogP contribution in [-0.2, 0) is 21.4 Å². The fourth-order valence-electron chi connectivity index (χ4n) is 3.08. The lowest BCUT2D eigenvalue weighted by Crippen LogP contribution is -2.19. The zero-order chi connectivity index (χ0) is 21.1. The highest BCUT2D eigenvalue weighted by Gasteiger charge is 2.15. The normalized spacial score (nSPS) is 11.4. The van der Waals surface area contributed by atoms with E-state index in [1.165, 1.54) is 18.3 Å². The van der Waals surface area contributed by atoms with Gasteiger partial charge < -0.3 is 9.88 Å². The van der Waals surface area contributed by atoms with Gasteiger partial charge in [0.1, 0.15) is 18.2 Å². The van der Waals surface area contributed by atoms with Gasteiger partial charge in [0, 0.05) is 11.9 Å². The second kappa shape index (κ2) is 7.96. The maximum absolute atomic E-state index is 12.5. The lowest BCUT2D eigenvalue weighted by molar-refractivity contribution is -0.116. The number of sulfonamides is 1. The Labute approximate surface area is 173 Å². The number of carbonyl (C=O) groups excluding carboxylic acids is 1. The number of fused-ring (bicyclic) bond motifs is 1. The molecule has 4 aromatic rings. The van der Waals surface area contributed by atoms with Crippen LogP contribution in [0.5, 0.6) is 0 Å². The summed E-state index contributed by atoms with van der Waals surface area (Å²) in [6.07, 6.45) is 1.50. The summed E-state index contributed by atoms with van der Waals surface area (Å²) in [7, 11) is -3.77. The van der Waals surface area contributed by atoms with Crippen molar-refractivity contribution in [2.75, 3.05) is 10.0 Å². The van der Waals surface area contributed by atoms with Gasteiger partial charge in [-0.3, -0.25) is 9.52 Å². The number of aromatic nitrogens is 3. The Morgan fingerprint density at radius 3 is 2.47 bits per heavy atom. The Morgan fingerprint density at radius 1 is 1.00 bits per heavy atom. The Balaban J connectivity index is 1.45. The number of nitrogens with one attached hydrogen (secondary N) is 2. The zero-order valence-electron chi connectivity index (χ0n) is 16.1. The first-order chi connectivity index (χ1) is 14.4. The lowest BCUT2D eigenvalue weighted by atomic mass is 10.3. The van der Waals surface area contributed by atoms with Crippen molar-refractivity contribution < 1.29 is 13.2 Å². The van der Waals surface area contributed by atoms with Crippen LogP contribution in [0.25, 0.3) is 11.0 Å². The van der Waals surface area contributed by atoms with Gasteiger partial charge in [0.05, 0.1) is 15.9 Å². The average Bonchev–Trinajstić information content (AvgIpc) is 3.04. The first-order valence-electron chi connectivity index (χ1n) is 9.18. The minimum atomic E-state index is -3.77. The van der Waals surface area contributed by atoms with Crippen molar-refractivity contribution in [2.45, 2.75) is 18.4 Å². The number of rotatable bonds is 6. The molecular weight excluding hydrogens is 402 g/mol. The van der Waals surface area contributed by atoms with Crippen molar-refractivity contribution in [3.8, 4) is 0 Å². The molecule has 30 heavy (non-hydrogen) atoms. The van der Waals surface area contributed by atoms with E-state index in [1.807, 2.05) is 35.8 Å². The van der Waals surface area contributed by atoms with Gasteiger partial charge >= 0.3 is 0 Å². The minimum Gasteiger partial charge on any atom is -0.325 e. The van der Waals surface area contributed by atoms with Crippen LogP contribution in [0.3, 0.4) is 0 Å². The topological polar surface area (TPSA) is 106 Å². The third kappa shape index (κ3) is 4.15. The van der Waals surface area contributed by atoms with Crippen molar-refractivity contribution >= 4 is 38.5 Å². The molecule has 0 saturated heterocycles. The number of hydrogen-bond donors (Lipinski definition) is 2. The van der Waals surface area contributed by atoms with E-state index in [2.05, 4.69) is 20.0 Å². The van der Waals surface area contributed by atoms with Crippen molar-refractivity contribution in [2.24, 2.45) is 0 Å². The summed E-state index contributed by atoms with van der Waals surface area (Å²) >= 11 is 0. The monoisotopic (exact) mass is 421 g/mol. The molecule has 1 amide bonds. The third-order valence-electron chi connectivity index (χ3n) is 4.50. The number of imidazole rings is 1. The summed E-state index contributed by atoms with van der Waals surface area (Å²) in [4.78, 5) is 21.0. The molecule has 2 aromatic heterocycles. The standard InChI is InChI=1S/C21H19N5O3S/c1-15-23-18-6-2-3-7-19(18)26(15)14-21(27)24-16-9-11-17(12-10-16)30(28,29)25-20-8-4-5-13-22-20/h2-13H,14H2,1H3,(H,22,25)(H,24,27). The molecule has 0 aliphatic rings. The van der Waals surface area contributed by atoms with Gasteiger partial charge in [-0.2, -0.15) is 0 Å². The second-order valence-electron chi connectivity index (χ2n) is 6.63. The molecule has 0 saturated carbocycles. The number of hydrogen-bond acceptors (Lipinski definition) is 5. The molecule has 0 aliphatic carbocycles. The van der Waals surface area contributed by atoms with Gasteiger partial charge in [0.15, 0.2) is 0 Å². The molecule has 0 atom stereocenters. The Hall–Kier alpha value is -3.72. The van der Waals surface area contributed by atoms with Crippen molar-refractivity contribution in [1.82, 2.24) is 14.5 Å². The average molecular weight is 421 g/mol. The number of amides is 1. The number of benzene rings is 2. The fraction of sp³-hybridized carbons (Fsp3) is 0.0952. The number of nitrogens with zero attached hydrogens (tertiary/aromatic N) is 3. The van der Waals surface area contributed by atoms with Crippen LogP contribution >= 0.6 is 0 Å². The first kappa shape index (κ1) is 19.6. The predicted molar refractivity (Wildman–Crippen MR) is 115 cm³/mol. The van der Waals surface area contributed by atoms with E-state index in [9.17, 15) is 13.2 Å². The summed E-state index contributed by atoms with van der Waals surface area (Å²) in [5.41, 5.74) is 2.21. The van der Waals surface area contributed by atoms with Gasteiger partial charge in [-0.25, -0.2) is 18.4 Å². The zero-order valence-corrected chi connectivity index (χ0v) is 16.9. The SMILES string of the molecule is Cc1nc2ccccc2n1CC(=O)Nc1ccc(S(=O)(=O)Nc2ccccn2)cc1. The Bertz CT molecular complexity index is 1300. The Morgan fingerprint density at radius 2 is 1.73 bits per heavy atom. The van der Waals surface area contributed by atoms with Crippen LogP contribution < -0.4 is 10.0 Å². The Kier molecular flexibility index (Phi) is 5.20. The van der Waals surface area contributed by atoms with Crippen molar-refractivity contribution in [3.63, 3.8) is 0 Å². The number of aryl methyl sites for hydroxylation is 1. The molecule has 4 rings (SSSR count). The van der Waals surface area contributed by atoms with Gasteiger partial charge in [-0.15, -0.1) is 0 Å². The fourth-order valence-corrected chi connectivity index (χ4v) is 4.09. The molecule has 0 bridgehead atoms. The highest BCUT2D eigenvalue weighted by atomic mass is 32.2. The molecular formula is C21H19N5O3S. The molecule has 9 heteroatoms. The number of carbonyl (C=O) groups is 1. The molecule has 0 unspecified atom stereocenters. The number of para-hydroxylation sites is 2. The predicted octanol–water partition coefficient (Wildman–Crippen LogP) is 3.18. The minimum absolute atomic E-state index is 0.0719. The smallest absolute Gasteiger partial charge is 0.263 e. The maximum atomic E-state index is 12.5. The highest BCUT2D eigenvalue weighted by molar-refractivity contribution is 7.92. The molecule has 8 nitrogen and oxygen atoms in total. The molecule has 0 spiro atoms. The van der Waals surface area contributed by atoms with Crippen LogP contribution in [0.15, 0.2) is 77.8 Å². The second-order valence-corrected chi connectivity index (χ2v) is 8.31. The molecule has 0 aliphatic heterocycles. The molecule has 2 aromatic carbocycles. The summed E-state index contributed by atoms with van der Waals surface area (Å²) in [5.74, 6) is 0.745. The van der Waals surface area contributed by atoms with E-state index in [1.54, 1.807) is 30.3 Å². The maximum Gasteiger partial charge on any atom is 0.263 e. The van der Waals surface area contributed by atoms with E-state index in [4.69, 9.17) is 0 Å². The van der Waals surface area contributed by atoms with Crippen LogP contribution in [0, 0.1) is 6.92 Å². The summed E-state index contributed by atoms with van der Waals surface area (Å²) in [5, 5.41) is 2.79. The first-order valence-corrected chi connectivity index (χ1v) is 10.7. The third-order valence-corrected chi connectivity index (χ3v) is 5.87. The number of pyridine rings is 1. The van der Waals surface area contributed by atoms with Gasteiger partial charge in [0.25, 0.3) is 10.0 Å². The molecule has 152 valence electrons. The van der Waals surface area contributed by atoms with Gasteiger partial charge in [-0.05, 0) is 55.5 Å². The van der Waals surface area contributed by atoms with E-state index >= 15 is 0 Å². The number of anilines is 2. The van der Waals surface area contributed by atoms with Crippen LogP contribution in [-0.4, -0.2) is 28.9 Å². The lowest BCUT2D eigenvalue weighted by Gasteiger charge is -2.10. The van der Waals surface area contributed by atoms with E-state index in [-0.39, 0.29) is 23.2 Å². The van der Waals surface area contributed by atoms with E-state index in [0.717, 1.165) is 16.9 Å². The quantitative estimate of drug-likeness (QED) is 0.497. The largest absolute Gasteiger partial charge is 0.325 e. The van der Waals surface area contributed by atoms with E-state index < -0.39 is 10.0 Å². The van der Waals surface area contributed by atoms with Gasteiger partial charge in [0.2, 0.25) is 5.91 Å². The van der Waals surface area contributed by atoms with Crippen LogP contribution in [0.1, 0.15) is 5.82 Å². The molecule has 0 fully saturated rings. The molecule has 2 N–H and O–H groups in total. The molecule has 0 radical (unpaired) electrons. The van der Waals surface area contributed by atoms with Crippen molar-refractivity contribution in [1.29, 1.82) is 0 Å². The van der Waals surface area contributed by atoms with Gasteiger partial charge in [-0.1, -0.05) is 18.2 Å². The highest BCUT2D eigenvalue weighted by Crippen LogP contribution is 2.18.